The van der Waals surface area contributed by atoms with E-state index in [1.807, 2.05) is 0 Å². The predicted molar refractivity (Wildman–Crippen MR) is 64.0 cm³/mol. The maximum Gasteiger partial charge on any atom is 0.243 e. The number of imide groups is 1. The van der Waals surface area contributed by atoms with Gasteiger partial charge in [0, 0.05) is 24.8 Å². The monoisotopic (exact) mass is 242 g/mol. The molecule has 0 aromatic rings. The van der Waals surface area contributed by atoms with Crippen LogP contribution in [0, 0.1) is 0 Å². The summed E-state index contributed by atoms with van der Waals surface area (Å²) in [6.07, 6.45) is 4.64. The third kappa shape index (κ3) is 2.25. The molecule has 16 heavy (non-hydrogen) atoms. The Morgan fingerprint density at radius 1 is 1.31 bits per heavy atom. The average molecular weight is 242 g/mol. The number of hydrogen-bond donors (Lipinski definition) is 1. The summed E-state index contributed by atoms with van der Waals surface area (Å²) in [5.41, 5.74) is 5.41. The average Bonchev–Trinajstić information content (AvgIpc) is 2.85. The summed E-state index contributed by atoms with van der Waals surface area (Å²) in [5, 5.41) is -0.170. The van der Waals surface area contributed by atoms with E-state index in [1.165, 1.54) is 16.7 Å². The Kier molecular flexibility index (Phi) is 3.86. The summed E-state index contributed by atoms with van der Waals surface area (Å²) in [6, 6.07) is 0.184. The van der Waals surface area contributed by atoms with E-state index in [1.54, 1.807) is 0 Å². The first-order valence-electron chi connectivity index (χ1n) is 5.91. The SMILES string of the molecule is NCCSC1CC(=O)N(C2CCCC2)C1=O. The Morgan fingerprint density at radius 2 is 2.00 bits per heavy atom. The fourth-order valence-electron chi connectivity index (χ4n) is 2.51. The molecule has 0 spiro atoms. The Morgan fingerprint density at radius 3 is 2.62 bits per heavy atom. The molecule has 2 rings (SSSR count). The van der Waals surface area contributed by atoms with Gasteiger partial charge in [0.1, 0.15) is 0 Å². The number of nitrogens with zero attached hydrogens (tertiary/aromatic N) is 1. The maximum atomic E-state index is 12.1. The third-order valence-electron chi connectivity index (χ3n) is 3.27. The number of nitrogens with two attached hydrogens (primary N) is 1. The molecule has 2 amide bonds. The number of rotatable bonds is 4. The van der Waals surface area contributed by atoms with Gasteiger partial charge < -0.3 is 5.73 Å². The lowest BCUT2D eigenvalue weighted by atomic mass is 10.2. The molecule has 4 nitrogen and oxygen atoms in total. The Labute approximate surface area is 99.9 Å². The number of thioether (sulfide) groups is 1. The minimum atomic E-state index is -0.170. The molecule has 0 aromatic heterocycles. The Balaban J connectivity index is 1.98. The molecule has 0 aromatic carbocycles. The van der Waals surface area contributed by atoms with Crippen molar-refractivity contribution in [2.75, 3.05) is 12.3 Å². The van der Waals surface area contributed by atoms with Crippen LogP contribution < -0.4 is 5.73 Å². The van der Waals surface area contributed by atoms with Gasteiger partial charge in [0.15, 0.2) is 0 Å². The molecular weight excluding hydrogens is 224 g/mol. The van der Waals surface area contributed by atoms with Crippen molar-refractivity contribution in [1.82, 2.24) is 4.90 Å². The van der Waals surface area contributed by atoms with E-state index in [-0.39, 0.29) is 23.1 Å². The van der Waals surface area contributed by atoms with Crippen molar-refractivity contribution < 1.29 is 9.59 Å². The quantitative estimate of drug-likeness (QED) is 0.739. The van der Waals surface area contributed by atoms with Crippen LogP contribution >= 0.6 is 11.8 Å². The molecule has 5 heteroatoms. The van der Waals surface area contributed by atoms with E-state index in [9.17, 15) is 9.59 Å². The van der Waals surface area contributed by atoms with Gasteiger partial charge in [-0.15, -0.1) is 11.8 Å². The van der Waals surface area contributed by atoms with E-state index in [0.717, 1.165) is 31.4 Å². The fourth-order valence-corrected chi connectivity index (χ4v) is 3.45. The zero-order valence-corrected chi connectivity index (χ0v) is 10.2. The Hall–Kier alpha value is -0.550. The highest BCUT2D eigenvalue weighted by molar-refractivity contribution is 8.00. The summed E-state index contributed by atoms with van der Waals surface area (Å²) < 4.78 is 0. The second-order valence-electron chi connectivity index (χ2n) is 4.39. The van der Waals surface area contributed by atoms with Crippen molar-refractivity contribution in [2.24, 2.45) is 5.73 Å². The summed E-state index contributed by atoms with van der Waals surface area (Å²) >= 11 is 1.52. The summed E-state index contributed by atoms with van der Waals surface area (Å²) in [7, 11) is 0. The Bertz CT molecular complexity index is 290. The molecule has 1 atom stereocenters. The van der Waals surface area contributed by atoms with Crippen LogP contribution in [0.25, 0.3) is 0 Å². The van der Waals surface area contributed by atoms with Gasteiger partial charge in [0.2, 0.25) is 11.8 Å². The summed E-state index contributed by atoms with van der Waals surface area (Å²) in [5.74, 6) is 0.795. The second-order valence-corrected chi connectivity index (χ2v) is 5.70. The van der Waals surface area contributed by atoms with Gasteiger partial charge in [-0.25, -0.2) is 0 Å². The number of likely N-dealkylation sites (tertiary alicyclic amines) is 1. The number of amides is 2. The van der Waals surface area contributed by atoms with E-state index in [2.05, 4.69) is 0 Å². The van der Waals surface area contributed by atoms with Crippen molar-refractivity contribution in [1.29, 1.82) is 0 Å². The van der Waals surface area contributed by atoms with Crippen LogP contribution in [0.1, 0.15) is 32.1 Å². The molecule has 1 aliphatic carbocycles. The highest BCUT2D eigenvalue weighted by atomic mass is 32.2. The van der Waals surface area contributed by atoms with Gasteiger partial charge in [-0.1, -0.05) is 12.8 Å². The van der Waals surface area contributed by atoms with Gasteiger partial charge in [0.25, 0.3) is 0 Å². The van der Waals surface area contributed by atoms with Crippen LogP contribution in [0.3, 0.4) is 0 Å². The topological polar surface area (TPSA) is 63.4 Å². The first-order valence-corrected chi connectivity index (χ1v) is 6.96. The molecule has 90 valence electrons. The maximum absolute atomic E-state index is 12.1. The van der Waals surface area contributed by atoms with Gasteiger partial charge in [-0.05, 0) is 12.8 Å². The van der Waals surface area contributed by atoms with Crippen LogP contribution in [0.2, 0.25) is 0 Å². The third-order valence-corrected chi connectivity index (χ3v) is 4.51. The predicted octanol–water partition coefficient (Wildman–Crippen LogP) is 0.748. The van der Waals surface area contributed by atoms with E-state index >= 15 is 0 Å². The van der Waals surface area contributed by atoms with Crippen LogP contribution in [0.15, 0.2) is 0 Å². The molecule has 1 heterocycles. The number of hydrogen-bond acceptors (Lipinski definition) is 4. The lowest BCUT2D eigenvalue weighted by molar-refractivity contribution is -0.140. The van der Waals surface area contributed by atoms with E-state index in [0.29, 0.717) is 13.0 Å². The van der Waals surface area contributed by atoms with Gasteiger partial charge in [-0.3, -0.25) is 14.5 Å². The molecule has 1 aliphatic heterocycles. The van der Waals surface area contributed by atoms with E-state index in [4.69, 9.17) is 5.73 Å². The molecular formula is C11H18N2O2S. The fraction of sp³-hybridized carbons (Fsp3) is 0.818. The van der Waals surface area contributed by atoms with Gasteiger partial charge in [0.05, 0.1) is 5.25 Å². The molecule has 2 aliphatic rings. The first kappa shape index (κ1) is 11.9. The van der Waals surface area contributed by atoms with Crippen molar-refractivity contribution in [2.45, 2.75) is 43.4 Å². The highest BCUT2D eigenvalue weighted by Crippen LogP contribution is 2.32. The van der Waals surface area contributed by atoms with Gasteiger partial charge in [-0.2, -0.15) is 0 Å². The molecule has 1 saturated carbocycles. The minimum Gasteiger partial charge on any atom is -0.330 e. The minimum absolute atomic E-state index is 0.0198. The molecule has 1 saturated heterocycles. The molecule has 2 fully saturated rings. The summed E-state index contributed by atoms with van der Waals surface area (Å²) in [4.78, 5) is 25.4. The lowest BCUT2D eigenvalue weighted by Gasteiger charge is -2.21. The number of carbonyl (C=O) groups is 2. The largest absolute Gasteiger partial charge is 0.330 e. The molecule has 1 unspecified atom stereocenters. The second kappa shape index (κ2) is 5.19. The normalized spacial score (nSPS) is 27.1. The lowest BCUT2D eigenvalue weighted by Crippen LogP contribution is -2.39. The summed E-state index contributed by atoms with van der Waals surface area (Å²) in [6.45, 7) is 0.562. The molecule has 2 N–H and O–H groups in total. The van der Waals surface area contributed by atoms with Crippen molar-refractivity contribution in [3.05, 3.63) is 0 Å². The number of carbonyl (C=O) groups excluding carboxylic acids is 2. The van der Waals surface area contributed by atoms with Crippen molar-refractivity contribution in [3.63, 3.8) is 0 Å². The van der Waals surface area contributed by atoms with E-state index < -0.39 is 0 Å². The van der Waals surface area contributed by atoms with Crippen LogP contribution in [0.5, 0.6) is 0 Å². The zero-order chi connectivity index (χ0) is 11.5. The molecule has 0 radical (unpaired) electrons. The van der Waals surface area contributed by atoms with Crippen LogP contribution in [0.4, 0.5) is 0 Å². The van der Waals surface area contributed by atoms with Gasteiger partial charge >= 0.3 is 0 Å². The first-order chi connectivity index (χ1) is 7.74. The highest BCUT2D eigenvalue weighted by Gasteiger charge is 2.42. The van der Waals surface area contributed by atoms with Crippen molar-refractivity contribution >= 4 is 23.6 Å². The molecule has 0 bridgehead atoms. The van der Waals surface area contributed by atoms with Crippen LogP contribution in [-0.4, -0.2) is 40.3 Å². The van der Waals surface area contributed by atoms with Crippen LogP contribution in [-0.2, 0) is 9.59 Å². The standard InChI is InChI=1S/C11H18N2O2S/c12-5-6-16-9-7-10(14)13(11(9)15)8-3-1-2-4-8/h8-9H,1-7,12H2. The van der Waals surface area contributed by atoms with Crippen molar-refractivity contribution in [3.8, 4) is 0 Å². The zero-order valence-electron chi connectivity index (χ0n) is 9.35. The smallest absolute Gasteiger partial charge is 0.243 e.